The van der Waals surface area contributed by atoms with Crippen molar-refractivity contribution in [3.8, 4) is 0 Å². The Hall–Kier alpha value is -2.21. The zero-order valence-electron chi connectivity index (χ0n) is 10.0. The van der Waals surface area contributed by atoms with E-state index in [9.17, 15) is 14.0 Å². The number of carboxylic acid groups (broad SMARTS) is 1. The summed E-state index contributed by atoms with van der Waals surface area (Å²) in [4.78, 5) is 22.2. The second kappa shape index (κ2) is 7.27. The van der Waals surface area contributed by atoms with Crippen molar-refractivity contribution in [1.29, 1.82) is 0 Å². The van der Waals surface area contributed by atoms with Crippen LogP contribution < -0.4 is 5.32 Å². The van der Waals surface area contributed by atoms with Gasteiger partial charge in [0.25, 0.3) is 0 Å². The van der Waals surface area contributed by atoms with E-state index in [2.05, 4.69) is 5.32 Å². The average Bonchev–Trinajstić information content (AvgIpc) is 2.36. The smallest absolute Gasteiger partial charge is 0.326 e. The summed E-state index contributed by atoms with van der Waals surface area (Å²) in [6.07, 6.45) is 2.41. The molecule has 0 heterocycles. The average molecular weight is 267 g/mol. The number of aliphatic carboxylic acids is 1. The predicted molar refractivity (Wildman–Crippen MR) is 66.7 cm³/mol. The number of benzene rings is 1. The Balaban J connectivity index is 2.61. The molecule has 1 aromatic carbocycles. The lowest BCUT2D eigenvalue weighted by Crippen LogP contribution is -2.40. The van der Waals surface area contributed by atoms with Gasteiger partial charge in [-0.15, -0.1) is 0 Å². The van der Waals surface area contributed by atoms with Crippen LogP contribution in [0.2, 0.25) is 0 Å². The van der Waals surface area contributed by atoms with Crippen LogP contribution in [-0.2, 0) is 9.59 Å². The van der Waals surface area contributed by atoms with Gasteiger partial charge in [0.1, 0.15) is 11.9 Å². The van der Waals surface area contributed by atoms with Gasteiger partial charge >= 0.3 is 5.97 Å². The van der Waals surface area contributed by atoms with Crippen LogP contribution in [0.1, 0.15) is 12.0 Å². The van der Waals surface area contributed by atoms with Gasteiger partial charge < -0.3 is 15.5 Å². The van der Waals surface area contributed by atoms with Crippen molar-refractivity contribution in [2.45, 2.75) is 12.5 Å². The van der Waals surface area contributed by atoms with Crippen molar-refractivity contribution in [3.63, 3.8) is 0 Å². The molecule has 3 N–H and O–H groups in total. The molecular formula is C13H14FNO4. The highest BCUT2D eigenvalue weighted by Crippen LogP contribution is 2.05. The highest BCUT2D eigenvalue weighted by molar-refractivity contribution is 5.94. The lowest BCUT2D eigenvalue weighted by atomic mass is 10.2. The third-order valence-electron chi connectivity index (χ3n) is 2.31. The second-order valence-corrected chi connectivity index (χ2v) is 3.80. The number of aliphatic hydroxyl groups is 1. The van der Waals surface area contributed by atoms with Crippen LogP contribution in [0.4, 0.5) is 4.39 Å². The Morgan fingerprint density at radius 3 is 2.74 bits per heavy atom. The Bertz CT molecular complexity index is 487. The summed E-state index contributed by atoms with van der Waals surface area (Å²) in [5.41, 5.74) is 0.490. The first-order valence-electron chi connectivity index (χ1n) is 5.60. The fraction of sp³-hybridized carbons (Fsp3) is 0.231. The Labute approximate surface area is 109 Å². The zero-order valence-corrected chi connectivity index (χ0v) is 10.0. The minimum absolute atomic E-state index is 0.0745. The number of hydrogen-bond donors (Lipinski definition) is 3. The molecule has 0 aliphatic heterocycles. The molecule has 0 aromatic heterocycles. The minimum atomic E-state index is -1.22. The normalized spacial score (nSPS) is 12.3. The molecule has 5 nitrogen and oxygen atoms in total. The van der Waals surface area contributed by atoms with Crippen LogP contribution in [0.3, 0.4) is 0 Å². The molecule has 1 amide bonds. The second-order valence-electron chi connectivity index (χ2n) is 3.80. The Kier molecular flexibility index (Phi) is 5.69. The first-order chi connectivity index (χ1) is 9.02. The molecule has 6 heteroatoms. The number of carboxylic acids is 1. The summed E-state index contributed by atoms with van der Waals surface area (Å²) >= 11 is 0. The van der Waals surface area contributed by atoms with E-state index in [0.717, 1.165) is 6.08 Å². The summed E-state index contributed by atoms with van der Waals surface area (Å²) in [7, 11) is 0. The maximum Gasteiger partial charge on any atom is 0.326 e. The summed E-state index contributed by atoms with van der Waals surface area (Å²) < 4.78 is 12.9. The largest absolute Gasteiger partial charge is 0.480 e. The summed E-state index contributed by atoms with van der Waals surface area (Å²) in [5, 5.41) is 19.7. The van der Waals surface area contributed by atoms with Crippen molar-refractivity contribution < 1.29 is 24.2 Å². The molecule has 102 valence electrons. The van der Waals surface area contributed by atoms with E-state index in [1.165, 1.54) is 24.3 Å². The molecule has 1 rings (SSSR count). The molecule has 0 radical (unpaired) electrons. The maximum atomic E-state index is 12.9. The number of amides is 1. The van der Waals surface area contributed by atoms with E-state index >= 15 is 0 Å². The van der Waals surface area contributed by atoms with E-state index in [0.29, 0.717) is 5.56 Å². The van der Waals surface area contributed by atoms with Crippen molar-refractivity contribution in [2.24, 2.45) is 0 Å². The quantitative estimate of drug-likeness (QED) is 0.665. The van der Waals surface area contributed by atoms with Crippen LogP contribution in [0.15, 0.2) is 30.3 Å². The van der Waals surface area contributed by atoms with Crippen LogP contribution in [-0.4, -0.2) is 34.7 Å². The lowest BCUT2D eigenvalue weighted by Gasteiger charge is -2.11. The number of hydrogen-bond acceptors (Lipinski definition) is 3. The third-order valence-corrected chi connectivity index (χ3v) is 2.31. The Morgan fingerprint density at radius 1 is 1.42 bits per heavy atom. The maximum absolute atomic E-state index is 12.9. The van der Waals surface area contributed by atoms with E-state index in [1.54, 1.807) is 6.07 Å². The summed E-state index contributed by atoms with van der Waals surface area (Å²) in [6.45, 7) is -0.342. The molecule has 0 saturated carbocycles. The number of rotatable bonds is 6. The standard InChI is InChI=1S/C13H14FNO4/c14-10-3-1-2-9(8-10)4-5-12(17)15-11(6-7-16)13(18)19/h1-5,8,11,16H,6-7H2,(H,15,17)(H,18,19)/b5-4+. The number of carbonyl (C=O) groups excluding carboxylic acids is 1. The van der Waals surface area contributed by atoms with Crippen molar-refractivity contribution in [2.75, 3.05) is 6.61 Å². The zero-order chi connectivity index (χ0) is 14.3. The molecule has 0 spiro atoms. The van der Waals surface area contributed by atoms with Gasteiger partial charge in [0.15, 0.2) is 0 Å². The fourth-order valence-electron chi connectivity index (χ4n) is 1.39. The van der Waals surface area contributed by atoms with Gasteiger partial charge in [-0.25, -0.2) is 9.18 Å². The lowest BCUT2D eigenvalue weighted by molar-refractivity contribution is -0.141. The predicted octanol–water partition coefficient (Wildman–Crippen LogP) is 0.791. The van der Waals surface area contributed by atoms with Crippen LogP contribution in [0, 0.1) is 5.82 Å². The number of carbonyl (C=O) groups is 2. The number of aliphatic hydroxyl groups excluding tert-OH is 1. The van der Waals surface area contributed by atoms with Crippen molar-refractivity contribution >= 4 is 18.0 Å². The van der Waals surface area contributed by atoms with E-state index in [4.69, 9.17) is 10.2 Å². The molecule has 0 aliphatic rings. The molecule has 0 aliphatic carbocycles. The van der Waals surface area contributed by atoms with Gasteiger partial charge in [0, 0.05) is 19.1 Å². The highest BCUT2D eigenvalue weighted by atomic mass is 19.1. The van der Waals surface area contributed by atoms with Gasteiger partial charge in [0.05, 0.1) is 0 Å². The third kappa shape index (κ3) is 5.31. The van der Waals surface area contributed by atoms with Gasteiger partial charge in [-0.2, -0.15) is 0 Å². The van der Waals surface area contributed by atoms with Gasteiger partial charge in [-0.1, -0.05) is 12.1 Å². The van der Waals surface area contributed by atoms with Crippen molar-refractivity contribution in [1.82, 2.24) is 5.32 Å². The monoisotopic (exact) mass is 267 g/mol. The molecule has 0 fully saturated rings. The number of halogens is 1. The van der Waals surface area contributed by atoms with Crippen LogP contribution in [0.5, 0.6) is 0 Å². The summed E-state index contributed by atoms with van der Waals surface area (Å²) in [6, 6.07) is 4.48. The van der Waals surface area contributed by atoms with E-state index in [-0.39, 0.29) is 13.0 Å². The molecule has 19 heavy (non-hydrogen) atoms. The minimum Gasteiger partial charge on any atom is -0.480 e. The first kappa shape index (κ1) is 14.8. The molecule has 1 unspecified atom stereocenters. The van der Waals surface area contributed by atoms with Crippen LogP contribution >= 0.6 is 0 Å². The van der Waals surface area contributed by atoms with Crippen LogP contribution in [0.25, 0.3) is 6.08 Å². The van der Waals surface area contributed by atoms with Gasteiger partial charge in [0.2, 0.25) is 5.91 Å². The molecule has 1 aromatic rings. The van der Waals surface area contributed by atoms with Gasteiger partial charge in [-0.05, 0) is 23.8 Å². The summed E-state index contributed by atoms with van der Waals surface area (Å²) in [5.74, 6) is -2.27. The SMILES string of the molecule is O=C(/C=C/c1cccc(F)c1)NC(CCO)C(=O)O. The molecule has 0 saturated heterocycles. The van der Waals surface area contributed by atoms with E-state index < -0.39 is 23.7 Å². The molecular weight excluding hydrogens is 253 g/mol. The van der Waals surface area contributed by atoms with E-state index in [1.807, 2.05) is 0 Å². The topological polar surface area (TPSA) is 86.6 Å². The molecule has 1 atom stereocenters. The number of nitrogens with one attached hydrogen (secondary N) is 1. The first-order valence-corrected chi connectivity index (χ1v) is 5.60. The van der Waals surface area contributed by atoms with Crippen molar-refractivity contribution in [3.05, 3.63) is 41.7 Å². The molecule has 0 bridgehead atoms. The van der Waals surface area contributed by atoms with Gasteiger partial charge in [-0.3, -0.25) is 4.79 Å². The fourth-order valence-corrected chi connectivity index (χ4v) is 1.39. The highest BCUT2D eigenvalue weighted by Gasteiger charge is 2.17. The Morgan fingerprint density at radius 2 is 2.16 bits per heavy atom.